The SMILES string of the molecule is N/C=C/N1CCC2(CC2)O1. The predicted molar refractivity (Wildman–Crippen MR) is 37.7 cm³/mol. The van der Waals surface area contributed by atoms with Gasteiger partial charge in [0.05, 0.1) is 5.60 Å². The van der Waals surface area contributed by atoms with Gasteiger partial charge in [-0.1, -0.05) is 0 Å². The number of nitrogens with zero attached hydrogens (tertiary/aromatic N) is 1. The Kier molecular flexibility index (Phi) is 1.14. The summed E-state index contributed by atoms with van der Waals surface area (Å²) in [6.07, 6.45) is 6.91. The summed E-state index contributed by atoms with van der Waals surface area (Å²) < 4.78 is 0. The van der Waals surface area contributed by atoms with Crippen LogP contribution in [0, 0.1) is 0 Å². The lowest BCUT2D eigenvalue weighted by Gasteiger charge is -2.11. The van der Waals surface area contributed by atoms with Crippen molar-refractivity contribution in [3.8, 4) is 0 Å². The van der Waals surface area contributed by atoms with Crippen LogP contribution < -0.4 is 5.73 Å². The fourth-order valence-electron chi connectivity index (χ4n) is 1.34. The first-order valence-corrected chi connectivity index (χ1v) is 3.69. The molecule has 2 aliphatic rings. The van der Waals surface area contributed by atoms with E-state index in [1.807, 2.05) is 5.06 Å². The van der Waals surface area contributed by atoms with Crippen LogP contribution in [0.4, 0.5) is 0 Å². The summed E-state index contributed by atoms with van der Waals surface area (Å²) >= 11 is 0. The monoisotopic (exact) mass is 140 g/mol. The highest BCUT2D eigenvalue weighted by Crippen LogP contribution is 2.47. The maximum absolute atomic E-state index is 5.57. The van der Waals surface area contributed by atoms with Gasteiger partial charge >= 0.3 is 0 Å². The first-order valence-electron chi connectivity index (χ1n) is 3.69. The Morgan fingerprint density at radius 2 is 2.20 bits per heavy atom. The molecule has 2 fully saturated rings. The van der Waals surface area contributed by atoms with Gasteiger partial charge in [-0.15, -0.1) is 0 Å². The van der Waals surface area contributed by atoms with Crippen molar-refractivity contribution in [3.05, 3.63) is 12.4 Å². The summed E-state index contributed by atoms with van der Waals surface area (Å²) in [5.74, 6) is 0. The minimum atomic E-state index is 0.236. The lowest BCUT2D eigenvalue weighted by Crippen LogP contribution is -2.13. The normalized spacial score (nSPS) is 28.6. The lowest BCUT2D eigenvalue weighted by atomic mass is 10.2. The van der Waals surface area contributed by atoms with Gasteiger partial charge in [0.15, 0.2) is 0 Å². The van der Waals surface area contributed by atoms with Gasteiger partial charge in [0.2, 0.25) is 0 Å². The van der Waals surface area contributed by atoms with Crippen LogP contribution in [0.15, 0.2) is 12.4 Å². The minimum absolute atomic E-state index is 0.236. The quantitative estimate of drug-likeness (QED) is 0.579. The Morgan fingerprint density at radius 3 is 2.70 bits per heavy atom. The van der Waals surface area contributed by atoms with Gasteiger partial charge in [-0.25, -0.2) is 0 Å². The second-order valence-electron chi connectivity index (χ2n) is 3.01. The molecule has 10 heavy (non-hydrogen) atoms. The van der Waals surface area contributed by atoms with E-state index in [0.29, 0.717) is 0 Å². The molecule has 1 saturated heterocycles. The number of rotatable bonds is 1. The fraction of sp³-hybridized carbons (Fsp3) is 0.714. The van der Waals surface area contributed by atoms with Crippen LogP contribution in [0.3, 0.4) is 0 Å². The molecule has 56 valence electrons. The molecule has 0 aromatic carbocycles. The van der Waals surface area contributed by atoms with E-state index < -0.39 is 0 Å². The van der Waals surface area contributed by atoms with Crippen molar-refractivity contribution in [3.63, 3.8) is 0 Å². The van der Waals surface area contributed by atoms with Crippen LogP contribution in [0.2, 0.25) is 0 Å². The van der Waals surface area contributed by atoms with Crippen molar-refractivity contribution in [2.75, 3.05) is 6.54 Å². The van der Waals surface area contributed by atoms with Gasteiger partial charge in [0.1, 0.15) is 0 Å². The van der Waals surface area contributed by atoms with Crippen LogP contribution in [0.5, 0.6) is 0 Å². The van der Waals surface area contributed by atoms with Crippen LogP contribution in [-0.4, -0.2) is 17.2 Å². The molecule has 0 atom stereocenters. The Labute approximate surface area is 60.4 Å². The molecule has 0 unspecified atom stereocenters. The molecule has 0 radical (unpaired) electrons. The summed E-state index contributed by atoms with van der Waals surface area (Å²) in [6, 6.07) is 0. The topological polar surface area (TPSA) is 38.5 Å². The molecule has 0 amide bonds. The molecular formula is C7H12N2O. The summed E-state index contributed by atoms with van der Waals surface area (Å²) in [7, 11) is 0. The van der Waals surface area contributed by atoms with Crippen molar-refractivity contribution in [1.29, 1.82) is 0 Å². The molecule has 2 rings (SSSR count). The average molecular weight is 140 g/mol. The maximum Gasteiger partial charge on any atom is 0.0982 e. The lowest BCUT2D eigenvalue weighted by molar-refractivity contribution is -0.120. The highest BCUT2D eigenvalue weighted by molar-refractivity contribution is 4.99. The summed E-state index contributed by atoms with van der Waals surface area (Å²) in [5.41, 5.74) is 5.45. The molecule has 1 heterocycles. The van der Waals surface area contributed by atoms with E-state index in [-0.39, 0.29) is 5.60 Å². The molecule has 1 spiro atoms. The van der Waals surface area contributed by atoms with Crippen LogP contribution in [0.25, 0.3) is 0 Å². The number of hydrogen-bond acceptors (Lipinski definition) is 3. The van der Waals surface area contributed by atoms with Crippen LogP contribution >= 0.6 is 0 Å². The van der Waals surface area contributed by atoms with E-state index in [2.05, 4.69) is 0 Å². The van der Waals surface area contributed by atoms with Crippen molar-refractivity contribution < 1.29 is 4.84 Å². The third kappa shape index (κ3) is 0.865. The highest BCUT2D eigenvalue weighted by Gasteiger charge is 2.49. The summed E-state index contributed by atoms with van der Waals surface area (Å²) in [5, 5.41) is 1.83. The van der Waals surface area contributed by atoms with Crippen LogP contribution in [0.1, 0.15) is 19.3 Å². The predicted octanol–water partition coefficient (Wildman–Crippen LogP) is 0.586. The third-order valence-electron chi connectivity index (χ3n) is 2.16. The Hall–Kier alpha value is -0.700. The van der Waals surface area contributed by atoms with Crippen molar-refractivity contribution >= 4 is 0 Å². The highest BCUT2D eigenvalue weighted by atomic mass is 16.7. The van der Waals surface area contributed by atoms with Gasteiger partial charge in [0.25, 0.3) is 0 Å². The van der Waals surface area contributed by atoms with E-state index in [1.165, 1.54) is 19.0 Å². The first kappa shape index (κ1) is 6.04. The van der Waals surface area contributed by atoms with Crippen molar-refractivity contribution in [1.82, 2.24) is 5.06 Å². The molecule has 0 bridgehead atoms. The zero-order valence-corrected chi connectivity index (χ0v) is 5.92. The van der Waals surface area contributed by atoms with Gasteiger partial charge < -0.3 is 5.73 Å². The first-order chi connectivity index (χ1) is 4.85. The molecule has 3 heteroatoms. The van der Waals surface area contributed by atoms with Gasteiger partial charge in [-0.3, -0.25) is 9.90 Å². The number of hydrogen-bond donors (Lipinski definition) is 1. The van der Waals surface area contributed by atoms with Crippen molar-refractivity contribution in [2.45, 2.75) is 24.9 Å². The second-order valence-corrected chi connectivity index (χ2v) is 3.01. The van der Waals surface area contributed by atoms with E-state index in [0.717, 1.165) is 13.0 Å². The van der Waals surface area contributed by atoms with Crippen molar-refractivity contribution in [2.24, 2.45) is 5.73 Å². The van der Waals surface area contributed by atoms with Gasteiger partial charge in [-0.2, -0.15) is 0 Å². The van der Waals surface area contributed by atoms with E-state index >= 15 is 0 Å². The van der Waals surface area contributed by atoms with Crippen LogP contribution in [-0.2, 0) is 4.84 Å². The molecule has 3 nitrogen and oxygen atoms in total. The van der Waals surface area contributed by atoms with E-state index in [1.54, 1.807) is 6.20 Å². The molecule has 1 aliphatic carbocycles. The standard InChI is InChI=1S/C7H12N2O/c8-4-6-9-5-3-7(10-9)1-2-7/h4,6H,1-3,5,8H2/b6-4+. The van der Waals surface area contributed by atoms with E-state index in [4.69, 9.17) is 10.6 Å². The Balaban J connectivity index is 1.93. The molecule has 1 aliphatic heterocycles. The van der Waals surface area contributed by atoms with E-state index in [9.17, 15) is 0 Å². The fourth-order valence-corrected chi connectivity index (χ4v) is 1.34. The number of hydroxylamine groups is 2. The third-order valence-corrected chi connectivity index (χ3v) is 2.16. The minimum Gasteiger partial charge on any atom is -0.403 e. The Bertz CT molecular complexity index is 163. The Morgan fingerprint density at radius 1 is 1.40 bits per heavy atom. The second kappa shape index (κ2) is 1.89. The smallest absolute Gasteiger partial charge is 0.0982 e. The maximum atomic E-state index is 5.57. The molecule has 1 saturated carbocycles. The van der Waals surface area contributed by atoms with Gasteiger partial charge in [0, 0.05) is 18.9 Å². The number of nitrogens with two attached hydrogens (primary N) is 1. The zero-order chi connectivity index (χ0) is 7.03. The summed E-state index contributed by atoms with van der Waals surface area (Å²) in [4.78, 5) is 5.57. The largest absolute Gasteiger partial charge is 0.403 e. The summed E-state index contributed by atoms with van der Waals surface area (Å²) in [6.45, 7) is 0.994. The average Bonchev–Trinajstić information content (AvgIpc) is 2.52. The molecule has 0 aromatic heterocycles. The molecule has 2 N–H and O–H groups in total. The molecular weight excluding hydrogens is 128 g/mol. The zero-order valence-electron chi connectivity index (χ0n) is 5.92. The molecule has 0 aromatic rings. The van der Waals surface area contributed by atoms with Gasteiger partial charge in [-0.05, 0) is 19.3 Å².